The Balaban J connectivity index is 1.14. The maximum absolute atomic E-state index is 13.5. The van der Waals surface area contributed by atoms with Crippen LogP contribution in [-0.2, 0) is 11.9 Å². The zero-order valence-electron chi connectivity index (χ0n) is 24.3. The van der Waals surface area contributed by atoms with Gasteiger partial charge in [-0.15, -0.1) is 21.5 Å². The molecular formula is C34H27F3N6OS2. The minimum absolute atomic E-state index is 0.135. The number of thioether (sulfide) groups is 1. The summed E-state index contributed by atoms with van der Waals surface area (Å²) in [6.07, 6.45) is -0.620. The molecule has 6 aromatic rings. The van der Waals surface area contributed by atoms with Crippen LogP contribution >= 0.6 is 23.1 Å². The lowest BCUT2D eigenvalue weighted by Crippen LogP contribution is -2.26. The first-order valence-corrected chi connectivity index (χ1v) is 16.2. The first-order chi connectivity index (χ1) is 22.4. The Kier molecular flexibility index (Phi) is 9.55. The Morgan fingerprint density at radius 3 is 2.26 bits per heavy atom. The molecule has 7 nitrogen and oxygen atoms in total. The maximum atomic E-state index is 13.5. The van der Waals surface area contributed by atoms with Gasteiger partial charge >= 0.3 is 6.18 Å². The molecular weight excluding hydrogens is 630 g/mol. The van der Waals surface area contributed by atoms with Crippen LogP contribution in [0.25, 0.3) is 17.1 Å². The molecule has 0 fully saturated rings. The minimum atomic E-state index is -4.50. The average Bonchev–Trinajstić information content (AvgIpc) is 3.74. The summed E-state index contributed by atoms with van der Waals surface area (Å²) in [6.45, 7) is 0.465. The van der Waals surface area contributed by atoms with Crippen molar-refractivity contribution in [2.75, 3.05) is 6.54 Å². The highest BCUT2D eigenvalue weighted by Crippen LogP contribution is 2.34. The summed E-state index contributed by atoms with van der Waals surface area (Å²) >= 11 is 2.61. The van der Waals surface area contributed by atoms with Crippen molar-refractivity contribution in [2.24, 2.45) is 0 Å². The van der Waals surface area contributed by atoms with Crippen molar-refractivity contribution >= 4 is 29.0 Å². The second-order valence-corrected chi connectivity index (χ2v) is 12.1. The van der Waals surface area contributed by atoms with E-state index in [0.717, 1.165) is 18.6 Å². The Morgan fingerprint density at radius 1 is 0.891 bits per heavy atom. The number of thiazole rings is 1. The van der Waals surface area contributed by atoms with Crippen LogP contribution in [0.4, 0.5) is 13.2 Å². The van der Waals surface area contributed by atoms with E-state index in [0.29, 0.717) is 39.5 Å². The van der Waals surface area contributed by atoms with E-state index in [4.69, 9.17) is 0 Å². The fourth-order valence-corrected chi connectivity index (χ4v) is 6.77. The number of pyridine rings is 1. The van der Waals surface area contributed by atoms with E-state index in [9.17, 15) is 18.0 Å². The van der Waals surface area contributed by atoms with Gasteiger partial charge in [0.25, 0.3) is 5.91 Å². The number of nitrogens with one attached hydrogen (secondary N) is 1. The fraction of sp³-hybridized carbons (Fsp3) is 0.147. The van der Waals surface area contributed by atoms with Crippen molar-refractivity contribution in [1.82, 2.24) is 30.0 Å². The third-order valence-electron chi connectivity index (χ3n) is 7.24. The fourth-order valence-electron chi connectivity index (χ4n) is 5.03. The van der Waals surface area contributed by atoms with Crippen LogP contribution in [0.2, 0.25) is 0 Å². The molecule has 3 heterocycles. The molecule has 0 radical (unpaired) electrons. The van der Waals surface area contributed by atoms with E-state index < -0.39 is 11.7 Å². The van der Waals surface area contributed by atoms with Gasteiger partial charge in [-0.25, -0.2) is 4.98 Å². The first-order valence-electron chi connectivity index (χ1n) is 14.4. The quantitative estimate of drug-likeness (QED) is 0.142. The molecule has 12 heteroatoms. The number of rotatable bonds is 11. The van der Waals surface area contributed by atoms with Gasteiger partial charge < -0.3 is 5.32 Å². The lowest BCUT2D eigenvalue weighted by atomic mass is 9.88. The van der Waals surface area contributed by atoms with Crippen LogP contribution in [0, 0.1) is 0 Å². The molecule has 0 saturated carbocycles. The Bertz CT molecular complexity index is 1860. The molecule has 1 amide bonds. The van der Waals surface area contributed by atoms with E-state index in [-0.39, 0.29) is 17.5 Å². The molecule has 46 heavy (non-hydrogen) atoms. The molecule has 1 N–H and O–H groups in total. The summed E-state index contributed by atoms with van der Waals surface area (Å²) < 4.78 is 42.2. The highest BCUT2D eigenvalue weighted by molar-refractivity contribution is 7.98. The number of nitrogens with zero attached hydrogens (tertiary/aromatic N) is 5. The number of benzene rings is 3. The Hall–Kier alpha value is -4.81. The summed E-state index contributed by atoms with van der Waals surface area (Å²) in [5, 5.41) is 14.4. The van der Waals surface area contributed by atoms with Gasteiger partial charge in [0.1, 0.15) is 10.7 Å². The molecule has 0 aliphatic carbocycles. The normalized spacial score (nSPS) is 11.6. The highest BCUT2D eigenvalue weighted by Gasteiger charge is 2.31. The summed E-state index contributed by atoms with van der Waals surface area (Å²) in [7, 11) is 0. The Morgan fingerprint density at radius 2 is 1.59 bits per heavy atom. The number of hydrogen-bond donors (Lipinski definition) is 1. The monoisotopic (exact) mass is 656 g/mol. The molecule has 6 rings (SSSR count). The van der Waals surface area contributed by atoms with Crippen LogP contribution in [0.5, 0.6) is 0 Å². The van der Waals surface area contributed by atoms with Gasteiger partial charge in [-0.3, -0.25) is 14.3 Å². The van der Waals surface area contributed by atoms with Crippen LogP contribution in [0.3, 0.4) is 0 Å². The van der Waals surface area contributed by atoms with Gasteiger partial charge in [-0.2, -0.15) is 13.2 Å². The number of alkyl halides is 3. The zero-order valence-corrected chi connectivity index (χ0v) is 25.9. The van der Waals surface area contributed by atoms with Crippen molar-refractivity contribution in [2.45, 2.75) is 29.4 Å². The largest absolute Gasteiger partial charge is 0.416 e. The predicted octanol–water partition coefficient (Wildman–Crippen LogP) is 8.05. The highest BCUT2D eigenvalue weighted by atomic mass is 32.2. The molecule has 3 aromatic carbocycles. The summed E-state index contributed by atoms with van der Waals surface area (Å²) in [4.78, 5) is 21.5. The van der Waals surface area contributed by atoms with Crippen LogP contribution in [0.15, 0.2) is 120 Å². The van der Waals surface area contributed by atoms with E-state index in [2.05, 4.69) is 49.7 Å². The predicted molar refractivity (Wildman–Crippen MR) is 173 cm³/mol. The number of hydrogen-bond acceptors (Lipinski definition) is 7. The average molecular weight is 657 g/mol. The molecule has 0 bridgehead atoms. The third kappa shape index (κ3) is 7.35. The van der Waals surface area contributed by atoms with Crippen molar-refractivity contribution in [1.29, 1.82) is 0 Å². The zero-order chi connectivity index (χ0) is 31.9. The van der Waals surface area contributed by atoms with Gasteiger partial charge in [0, 0.05) is 35.8 Å². The second kappa shape index (κ2) is 14.1. The van der Waals surface area contributed by atoms with E-state index in [1.54, 1.807) is 40.5 Å². The van der Waals surface area contributed by atoms with Crippen molar-refractivity contribution in [3.05, 3.63) is 142 Å². The van der Waals surface area contributed by atoms with Gasteiger partial charge in [-0.1, -0.05) is 78.5 Å². The van der Waals surface area contributed by atoms with Crippen molar-refractivity contribution in [3.8, 4) is 17.1 Å². The summed E-state index contributed by atoms with van der Waals surface area (Å²) in [5.41, 5.74) is 2.83. The standard InChI is InChI=1S/C34H27F3N6OS2/c35-34(36,37)26-12-7-13-27(20-26)43-31(25-14-17-38-18-15-25)41-42-33(43)46-22-30-40-29(21-45-30)32(44)39-19-16-28(23-8-3-1-4-9-23)24-10-5-2-6-11-24/h1-15,17-18,20-21,28H,16,19,22H2,(H,39,44). The molecule has 3 aromatic heterocycles. The minimum Gasteiger partial charge on any atom is -0.351 e. The molecule has 232 valence electrons. The van der Waals surface area contributed by atoms with Crippen LogP contribution in [-0.4, -0.2) is 37.2 Å². The van der Waals surface area contributed by atoms with Gasteiger partial charge in [-0.05, 0) is 47.9 Å². The molecule has 0 aliphatic rings. The van der Waals surface area contributed by atoms with E-state index >= 15 is 0 Å². The number of halogens is 3. The maximum Gasteiger partial charge on any atom is 0.416 e. The van der Waals surface area contributed by atoms with E-state index in [1.165, 1.54) is 40.3 Å². The third-order valence-corrected chi connectivity index (χ3v) is 9.21. The van der Waals surface area contributed by atoms with Crippen molar-refractivity contribution < 1.29 is 18.0 Å². The number of aromatic nitrogens is 5. The molecule has 0 unspecified atom stereocenters. The van der Waals surface area contributed by atoms with Gasteiger partial charge in [0.2, 0.25) is 0 Å². The lowest BCUT2D eigenvalue weighted by molar-refractivity contribution is -0.137. The molecule has 0 saturated heterocycles. The first kappa shape index (κ1) is 31.2. The molecule has 0 spiro atoms. The number of carbonyl (C=O) groups excluding carboxylic acids is 1. The van der Waals surface area contributed by atoms with Crippen LogP contribution in [0.1, 0.15) is 44.5 Å². The summed E-state index contributed by atoms with van der Waals surface area (Å²) in [5.74, 6) is 0.596. The van der Waals surface area contributed by atoms with Crippen molar-refractivity contribution in [3.63, 3.8) is 0 Å². The Labute approximate surface area is 271 Å². The molecule has 0 aliphatic heterocycles. The number of amides is 1. The van der Waals surface area contributed by atoms with Crippen LogP contribution < -0.4 is 5.32 Å². The summed E-state index contributed by atoms with van der Waals surface area (Å²) in [6, 6.07) is 28.9. The number of carbonyl (C=O) groups is 1. The van der Waals surface area contributed by atoms with Gasteiger partial charge in [0.15, 0.2) is 11.0 Å². The smallest absolute Gasteiger partial charge is 0.351 e. The second-order valence-electron chi connectivity index (χ2n) is 10.3. The lowest BCUT2D eigenvalue weighted by Gasteiger charge is -2.18. The van der Waals surface area contributed by atoms with Gasteiger partial charge in [0.05, 0.1) is 17.0 Å². The van der Waals surface area contributed by atoms with E-state index in [1.807, 2.05) is 36.4 Å². The molecule has 0 atom stereocenters. The SMILES string of the molecule is O=C(NCCC(c1ccccc1)c1ccccc1)c1csc(CSc2nnc(-c3ccncc3)n2-c2cccc(C(F)(F)F)c2)n1. The topological polar surface area (TPSA) is 85.6 Å².